The lowest BCUT2D eigenvalue weighted by Gasteiger charge is -2.25. The van der Waals surface area contributed by atoms with Crippen LogP contribution in [-0.4, -0.2) is 36.1 Å². The first-order valence-electron chi connectivity index (χ1n) is 17.5. The molecular formula is C41H43NO8S. The number of aromatic nitrogens is 1. The predicted octanol–water partition coefficient (Wildman–Crippen LogP) is 9.62. The number of esters is 3. The summed E-state index contributed by atoms with van der Waals surface area (Å²) in [5.41, 5.74) is 4.81. The van der Waals surface area contributed by atoms with Crippen LogP contribution in [0.5, 0.6) is 17.2 Å². The van der Waals surface area contributed by atoms with Crippen LogP contribution in [0.3, 0.4) is 0 Å². The predicted molar refractivity (Wildman–Crippen MR) is 197 cm³/mol. The zero-order valence-corrected chi connectivity index (χ0v) is 30.1. The molecule has 0 N–H and O–H groups in total. The van der Waals surface area contributed by atoms with Gasteiger partial charge in [-0.05, 0) is 131 Å². The molecule has 3 aromatic carbocycles. The molecule has 2 heterocycles. The van der Waals surface area contributed by atoms with Gasteiger partial charge in [0.05, 0.1) is 29.7 Å². The molecule has 0 amide bonds. The van der Waals surface area contributed by atoms with Crippen molar-refractivity contribution in [3.05, 3.63) is 83.9 Å². The van der Waals surface area contributed by atoms with Gasteiger partial charge < -0.3 is 23.4 Å². The lowest BCUT2D eigenvalue weighted by Crippen LogP contribution is -2.30. The number of unbranched alkanes of at least 4 members (excludes halogenated alkanes) is 3. The fourth-order valence-electron chi connectivity index (χ4n) is 6.43. The Morgan fingerprint density at radius 3 is 2.20 bits per heavy atom. The molecule has 9 nitrogen and oxygen atoms in total. The molecule has 51 heavy (non-hydrogen) atoms. The molecule has 0 saturated heterocycles. The molecule has 0 spiro atoms. The summed E-state index contributed by atoms with van der Waals surface area (Å²) in [7, 11) is 0. The minimum Gasteiger partial charge on any atom is -0.494 e. The van der Waals surface area contributed by atoms with Gasteiger partial charge in [0, 0.05) is 11.5 Å². The number of benzene rings is 3. The van der Waals surface area contributed by atoms with Crippen LogP contribution in [0.15, 0.2) is 71.7 Å². The Morgan fingerprint density at radius 2 is 1.49 bits per heavy atom. The zero-order valence-electron chi connectivity index (χ0n) is 29.3. The molecule has 1 aliphatic carbocycles. The standard InChI is InChI=1S/C41H43NO8S/c1-5-36(43)47-21-9-7-6-8-20-46-30-15-17-31(18-16-30)48-40(44)28-11-13-29(14-12-28)41(45)50-33-19-10-26(3)38-37(33)42-39(51-38)35-24-32-27(4)22-25(2)23-34(32)49-35/h5,10,15-19,22-24,28-29H,1,6-9,11-14,20-21H2,2-4H3. The maximum absolute atomic E-state index is 13.3. The lowest BCUT2D eigenvalue weighted by molar-refractivity contribution is -0.145. The Balaban J connectivity index is 0.965. The van der Waals surface area contributed by atoms with Gasteiger partial charge in [-0.25, -0.2) is 9.78 Å². The highest BCUT2D eigenvalue weighted by atomic mass is 32.1. The van der Waals surface area contributed by atoms with Crippen molar-refractivity contribution in [1.82, 2.24) is 4.98 Å². The summed E-state index contributed by atoms with van der Waals surface area (Å²) < 4.78 is 29.5. The number of hydrogen-bond acceptors (Lipinski definition) is 10. The average molecular weight is 710 g/mol. The second kappa shape index (κ2) is 16.4. The molecule has 0 aliphatic heterocycles. The highest BCUT2D eigenvalue weighted by molar-refractivity contribution is 7.21. The summed E-state index contributed by atoms with van der Waals surface area (Å²) in [6, 6.07) is 17.0. The Hall–Kier alpha value is -4.96. The number of ether oxygens (including phenoxy) is 4. The van der Waals surface area contributed by atoms with Gasteiger partial charge in [-0.1, -0.05) is 18.7 Å². The number of nitrogens with zero attached hydrogens (tertiary/aromatic N) is 1. The van der Waals surface area contributed by atoms with E-state index in [1.165, 1.54) is 17.4 Å². The maximum atomic E-state index is 13.3. The van der Waals surface area contributed by atoms with Crippen molar-refractivity contribution in [1.29, 1.82) is 0 Å². The van der Waals surface area contributed by atoms with Crippen molar-refractivity contribution in [2.45, 2.75) is 72.1 Å². The first-order chi connectivity index (χ1) is 24.7. The van der Waals surface area contributed by atoms with Gasteiger partial charge in [-0.15, -0.1) is 11.3 Å². The van der Waals surface area contributed by atoms with Crippen molar-refractivity contribution >= 4 is 50.4 Å². The van der Waals surface area contributed by atoms with E-state index < -0.39 is 5.97 Å². The van der Waals surface area contributed by atoms with Crippen LogP contribution in [0.2, 0.25) is 0 Å². The van der Waals surface area contributed by atoms with E-state index in [0.29, 0.717) is 67.4 Å². The quantitative estimate of drug-likeness (QED) is 0.0481. The first kappa shape index (κ1) is 35.9. The number of fused-ring (bicyclic) bond motifs is 2. The van der Waals surface area contributed by atoms with E-state index in [4.69, 9.17) is 28.3 Å². The van der Waals surface area contributed by atoms with Gasteiger partial charge in [0.15, 0.2) is 16.5 Å². The van der Waals surface area contributed by atoms with Gasteiger partial charge in [0.2, 0.25) is 0 Å². The summed E-state index contributed by atoms with van der Waals surface area (Å²) in [6.45, 7) is 10.5. The normalized spacial score (nSPS) is 15.8. The molecule has 1 saturated carbocycles. The van der Waals surface area contributed by atoms with Crippen molar-refractivity contribution < 1.29 is 37.7 Å². The van der Waals surface area contributed by atoms with Gasteiger partial charge in [-0.3, -0.25) is 9.59 Å². The third-order valence-corrected chi connectivity index (χ3v) is 10.5. The molecule has 5 aromatic rings. The van der Waals surface area contributed by atoms with Gasteiger partial charge >= 0.3 is 17.9 Å². The highest BCUT2D eigenvalue weighted by Crippen LogP contribution is 2.40. The fourth-order valence-corrected chi connectivity index (χ4v) is 7.43. The smallest absolute Gasteiger partial charge is 0.330 e. The molecule has 0 radical (unpaired) electrons. The summed E-state index contributed by atoms with van der Waals surface area (Å²) in [5, 5.41) is 1.79. The molecule has 1 fully saturated rings. The van der Waals surface area contributed by atoms with Crippen LogP contribution in [0, 0.1) is 32.6 Å². The molecule has 0 unspecified atom stereocenters. The fraction of sp³-hybridized carbons (Fsp3) is 0.366. The van der Waals surface area contributed by atoms with Crippen LogP contribution in [0.4, 0.5) is 0 Å². The van der Waals surface area contributed by atoms with E-state index in [1.54, 1.807) is 30.3 Å². The number of aryl methyl sites for hydroxylation is 3. The Kier molecular flexibility index (Phi) is 11.5. The van der Waals surface area contributed by atoms with E-state index in [-0.39, 0.29) is 23.8 Å². The molecule has 2 aromatic heterocycles. The lowest BCUT2D eigenvalue weighted by atomic mass is 9.82. The van der Waals surface area contributed by atoms with Crippen LogP contribution in [-0.2, 0) is 19.1 Å². The first-order valence-corrected chi connectivity index (χ1v) is 18.4. The minimum atomic E-state index is -0.394. The topological polar surface area (TPSA) is 114 Å². The van der Waals surface area contributed by atoms with Crippen molar-refractivity contribution in [3.63, 3.8) is 0 Å². The Bertz CT molecular complexity index is 2030. The second-order valence-electron chi connectivity index (χ2n) is 13.2. The van der Waals surface area contributed by atoms with Gasteiger partial charge in [-0.2, -0.15) is 0 Å². The van der Waals surface area contributed by atoms with E-state index in [0.717, 1.165) is 63.1 Å². The van der Waals surface area contributed by atoms with E-state index in [1.807, 2.05) is 32.0 Å². The second-order valence-corrected chi connectivity index (χ2v) is 14.2. The molecule has 266 valence electrons. The third kappa shape index (κ3) is 8.86. The van der Waals surface area contributed by atoms with Crippen LogP contribution in [0.25, 0.3) is 32.0 Å². The van der Waals surface area contributed by atoms with Crippen LogP contribution < -0.4 is 14.2 Å². The zero-order chi connectivity index (χ0) is 35.9. The molecule has 0 bridgehead atoms. The number of carbonyl (C=O) groups excluding carboxylic acids is 3. The molecule has 1 aliphatic rings. The molecule has 0 atom stereocenters. The van der Waals surface area contributed by atoms with Crippen molar-refractivity contribution in [2.24, 2.45) is 11.8 Å². The van der Waals surface area contributed by atoms with E-state index >= 15 is 0 Å². The number of rotatable bonds is 14. The van der Waals surface area contributed by atoms with Crippen LogP contribution >= 0.6 is 11.3 Å². The molecule has 10 heteroatoms. The minimum absolute atomic E-state index is 0.284. The largest absolute Gasteiger partial charge is 0.494 e. The Morgan fingerprint density at radius 1 is 0.824 bits per heavy atom. The number of thiazole rings is 1. The van der Waals surface area contributed by atoms with E-state index in [9.17, 15) is 14.4 Å². The maximum Gasteiger partial charge on any atom is 0.330 e. The van der Waals surface area contributed by atoms with Gasteiger partial charge in [0.1, 0.15) is 22.6 Å². The summed E-state index contributed by atoms with van der Waals surface area (Å²) in [4.78, 5) is 42.2. The van der Waals surface area contributed by atoms with Crippen molar-refractivity contribution in [3.8, 4) is 28.0 Å². The van der Waals surface area contributed by atoms with Crippen molar-refractivity contribution in [2.75, 3.05) is 13.2 Å². The summed E-state index contributed by atoms with van der Waals surface area (Å²) >= 11 is 1.52. The van der Waals surface area contributed by atoms with Crippen LogP contribution in [0.1, 0.15) is 68.1 Å². The summed E-state index contributed by atoms with van der Waals surface area (Å²) in [5.74, 6) is 0.705. The molecule has 6 rings (SSSR count). The van der Waals surface area contributed by atoms with E-state index in [2.05, 4.69) is 19.6 Å². The number of hydrogen-bond donors (Lipinski definition) is 0. The average Bonchev–Trinajstić information content (AvgIpc) is 3.77. The summed E-state index contributed by atoms with van der Waals surface area (Å²) in [6.07, 6.45) is 6.94. The Labute approximate surface area is 301 Å². The number of furan rings is 1. The third-order valence-electron chi connectivity index (χ3n) is 9.27. The highest BCUT2D eigenvalue weighted by Gasteiger charge is 2.32. The monoisotopic (exact) mass is 709 g/mol. The number of carbonyl (C=O) groups is 3. The van der Waals surface area contributed by atoms with Gasteiger partial charge in [0.25, 0.3) is 0 Å². The molecular weight excluding hydrogens is 667 g/mol. The SMILES string of the molecule is C=CC(=O)OCCCCCCOc1ccc(OC(=O)C2CCC(C(=O)Oc3ccc(C)c4sc(-c5cc6c(C)cc(C)cc6o5)nc34)CC2)cc1.